The standard InChI is InChI=1S/C17H13NO4/c19-15(17(21)22)13-8-9-14(18-16(13)20)12-7-3-5-10-4-1-2-6-11(10)12/h1-9,15,19H,(H,18,20)(H,21,22). The molecule has 0 amide bonds. The quantitative estimate of drug-likeness (QED) is 0.691. The van der Waals surface area contributed by atoms with Crippen LogP contribution >= 0.6 is 0 Å². The maximum atomic E-state index is 12.0. The van der Waals surface area contributed by atoms with Gasteiger partial charge in [0.25, 0.3) is 5.56 Å². The van der Waals surface area contributed by atoms with Crippen molar-refractivity contribution in [1.82, 2.24) is 4.98 Å². The molecule has 0 fully saturated rings. The van der Waals surface area contributed by atoms with Crippen molar-refractivity contribution in [1.29, 1.82) is 0 Å². The van der Waals surface area contributed by atoms with Crippen molar-refractivity contribution < 1.29 is 15.0 Å². The molecule has 0 aliphatic rings. The lowest BCUT2D eigenvalue weighted by Gasteiger charge is -2.09. The second kappa shape index (κ2) is 5.46. The van der Waals surface area contributed by atoms with Crippen LogP contribution in [0.1, 0.15) is 11.7 Å². The first kappa shape index (κ1) is 14.0. The average molecular weight is 295 g/mol. The minimum Gasteiger partial charge on any atom is -0.479 e. The van der Waals surface area contributed by atoms with E-state index in [-0.39, 0.29) is 5.56 Å². The first-order valence-electron chi connectivity index (χ1n) is 6.70. The third-order valence-electron chi connectivity index (χ3n) is 3.55. The number of pyridine rings is 1. The van der Waals surface area contributed by atoms with Crippen LogP contribution in [0.4, 0.5) is 0 Å². The molecule has 110 valence electrons. The predicted molar refractivity (Wildman–Crippen MR) is 82.6 cm³/mol. The second-order valence-electron chi connectivity index (χ2n) is 4.92. The summed E-state index contributed by atoms with van der Waals surface area (Å²) >= 11 is 0. The Labute approximate surface area is 125 Å². The van der Waals surface area contributed by atoms with E-state index in [0.717, 1.165) is 16.3 Å². The number of hydrogen-bond acceptors (Lipinski definition) is 3. The van der Waals surface area contributed by atoms with E-state index in [4.69, 9.17) is 5.11 Å². The monoisotopic (exact) mass is 295 g/mol. The number of aliphatic carboxylic acids is 1. The topological polar surface area (TPSA) is 90.4 Å². The van der Waals surface area contributed by atoms with E-state index in [2.05, 4.69) is 4.98 Å². The van der Waals surface area contributed by atoms with Crippen LogP contribution < -0.4 is 5.56 Å². The van der Waals surface area contributed by atoms with E-state index >= 15 is 0 Å². The largest absolute Gasteiger partial charge is 0.479 e. The molecule has 3 N–H and O–H groups in total. The van der Waals surface area contributed by atoms with Crippen LogP contribution in [0.25, 0.3) is 22.0 Å². The third-order valence-corrected chi connectivity index (χ3v) is 3.55. The van der Waals surface area contributed by atoms with Gasteiger partial charge in [0, 0.05) is 11.3 Å². The Morgan fingerprint density at radius 2 is 1.73 bits per heavy atom. The minimum absolute atomic E-state index is 0.184. The fourth-order valence-corrected chi connectivity index (χ4v) is 2.45. The number of nitrogens with one attached hydrogen (secondary N) is 1. The normalized spacial score (nSPS) is 12.2. The summed E-state index contributed by atoms with van der Waals surface area (Å²) in [7, 11) is 0. The second-order valence-corrected chi connectivity index (χ2v) is 4.92. The minimum atomic E-state index is -1.83. The zero-order chi connectivity index (χ0) is 15.7. The molecule has 0 spiro atoms. The number of fused-ring (bicyclic) bond motifs is 1. The number of H-pyrrole nitrogens is 1. The molecule has 22 heavy (non-hydrogen) atoms. The number of rotatable bonds is 3. The maximum Gasteiger partial charge on any atom is 0.337 e. The Bertz CT molecular complexity index is 908. The smallest absolute Gasteiger partial charge is 0.337 e. The van der Waals surface area contributed by atoms with E-state index in [1.807, 2.05) is 42.5 Å². The first-order chi connectivity index (χ1) is 10.6. The van der Waals surface area contributed by atoms with Crippen LogP contribution in [0.3, 0.4) is 0 Å². The molecular weight excluding hydrogens is 282 g/mol. The summed E-state index contributed by atoms with van der Waals surface area (Å²) in [4.78, 5) is 25.4. The number of carboxylic acid groups (broad SMARTS) is 1. The third kappa shape index (κ3) is 2.38. The summed E-state index contributed by atoms with van der Waals surface area (Å²) in [5.74, 6) is -1.46. The highest BCUT2D eigenvalue weighted by atomic mass is 16.4. The van der Waals surface area contributed by atoms with Gasteiger partial charge in [-0.1, -0.05) is 42.5 Å². The summed E-state index contributed by atoms with van der Waals surface area (Å²) in [6.07, 6.45) is -1.83. The fraction of sp³-hybridized carbons (Fsp3) is 0.0588. The zero-order valence-corrected chi connectivity index (χ0v) is 11.5. The molecule has 1 atom stereocenters. The van der Waals surface area contributed by atoms with Crippen LogP contribution in [0.15, 0.2) is 59.4 Å². The molecule has 3 rings (SSSR count). The first-order valence-corrected chi connectivity index (χ1v) is 6.70. The molecule has 0 radical (unpaired) electrons. The SMILES string of the molecule is O=C(O)C(O)c1ccc(-c2cccc3ccccc23)[nH]c1=O. The molecule has 1 aromatic heterocycles. The fourth-order valence-electron chi connectivity index (χ4n) is 2.45. The number of carbonyl (C=O) groups is 1. The highest BCUT2D eigenvalue weighted by Gasteiger charge is 2.19. The number of aliphatic hydroxyl groups excluding tert-OH is 1. The molecule has 3 aromatic rings. The Kier molecular flexibility index (Phi) is 3.48. The Balaban J connectivity index is 2.15. The van der Waals surface area contributed by atoms with Gasteiger partial charge in [-0.05, 0) is 22.9 Å². The van der Waals surface area contributed by atoms with E-state index in [1.54, 1.807) is 6.07 Å². The van der Waals surface area contributed by atoms with Gasteiger partial charge in [0.05, 0.1) is 5.56 Å². The Hall–Kier alpha value is -2.92. The van der Waals surface area contributed by atoms with Gasteiger partial charge in [-0.15, -0.1) is 0 Å². The zero-order valence-electron chi connectivity index (χ0n) is 11.5. The van der Waals surface area contributed by atoms with Crippen molar-refractivity contribution in [3.8, 4) is 11.3 Å². The molecule has 0 aliphatic heterocycles. The molecule has 0 aliphatic carbocycles. The van der Waals surface area contributed by atoms with Crippen LogP contribution in [0.5, 0.6) is 0 Å². The molecule has 0 saturated carbocycles. The highest BCUT2D eigenvalue weighted by Crippen LogP contribution is 2.26. The van der Waals surface area contributed by atoms with Gasteiger partial charge < -0.3 is 15.2 Å². The lowest BCUT2D eigenvalue weighted by molar-refractivity contribution is -0.147. The van der Waals surface area contributed by atoms with Crippen molar-refractivity contribution in [3.63, 3.8) is 0 Å². The lowest BCUT2D eigenvalue weighted by Crippen LogP contribution is -2.21. The summed E-state index contributed by atoms with van der Waals surface area (Å²) in [6, 6.07) is 16.4. The van der Waals surface area contributed by atoms with Crippen molar-refractivity contribution in [2.75, 3.05) is 0 Å². The molecule has 1 heterocycles. The van der Waals surface area contributed by atoms with Crippen molar-refractivity contribution in [2.45, 2.75) is 6.10 Å². The van der Waals surface area contributed by atoms with Gasteiger partial charge in [0.15, 0.2) is 6.10 Å². The number of aliphatic hydroxyl groups is 1. The molecule has 0 bridgehead atoms. The van der Waals surface area contributed by atoms with Crippen LogP contribution in [-0.2, 0) is 4.79 Å². The van der Waals surface area contributed by atoms with Gasteiger partial charge in [0.2, 0.25) is 0 Å². The summed E-state index contributed by atoms with van der Waals surface area (Å²) in [5.41, 5.74) is 0.617. The van der Waals surface area contributed by atoms with Gasteiger partial charge in [-0.2, -0.15) is 0 Å². The van der Waals surface area contributed by atoms with E-state index in [0.29, 0.717) is 5.69 Å². The van der Waals surface area contributed by atoms with Gasteiger partial charge >= 0.3 is 5.97 Å². The summed E-state index contributed by atoms with van der Waals surface area (Å²) in [6.45, 7) is 0. The molecule has 5 heteroatoms. The lowest BCUT2D eigenvalue weighted by atomic mass is 10.0. The van der Waals surface area contributed by atoms with Gasteiger partial charge in [-0.25, -0.2) is 4.79 Å². The molecule has 2 aromatic carbocycles. The van der Waals surface area contributed by atoms with Gasteiger partial charge in [-0.3, -0.25) is 4.79 Å². The van der Waals surface area contributed by atoms with E-state index in [1.165, 1.54) is 6.07 Å². The predicted octanol–water partition coefficient (Wildman–Crippen LogP) is 2.31. The number of aromatic amines is 1. The van der Waals surface area contributed by atoms with E-state index < -0.39 is 17.6 Å². The Morgan fingerprint density at radius 3 is 2.45 bits per heavy atom. The van der Waals surface area contributed by atoms with E-state index in [9.17, 15) is 14.7 Å². The Morgan fingerprint density at radius 1 is 1.00 bits per heavy atom. The van der Waals surface area contributed by atoms with Crippen molar-refractivity contribution in [2.24, 2.45) is 0 Å². The van der Waals surface area contributed by atoms with Crippen LogP contribution in [0, 0.1) is 0 Å². The van der Waals surface area contributed by atoms with Gasteiger partial charge in [0.1, 0.15) is 0 Å². The van der Waals surface area contributed by atoms with Crippen molar-refractivity contribution in [3.05, 3.63) is 70.5 Å². The number of hydrogen-bond donors (Lipinski definition) is 3. The highest BCUT2D eigenvalue weighted by molar-refractivity contribution is 5.95. The average Bonchev–Trinajstić information content (AvgIpc) is 2.53. The number of aromatic nitrogens is 1. The molecule has 1 unspecified atom stereocenters. The molecular formula is C17H13NO4. The molecule has 5 nitrogen and oxygen atoms in total. The van der Waals surface area contributed by atoms with Crippen LogP contribution in [-0.4, -0.2) is 21.2 Å². The summed E-state index contributed by atoms with van der Waals surface area (Å²) < 4.78 is 0. The summed E-state index contributed by atoms with van der Waals surface area (Å²) in [5, 5.41) is 20.3. The number of carboxylic acids is 1. The van der Waals surface area contributed by atoms with Crippen LogP contribution in [0.2, 0.25) is 0 Å². The van der Waals surface area contributed by atoms with Crippen molar-refractivity contribution >= 4 is 16.7 Å². The number of benzene rings is 2. The molecule has 0 saturated heterocycles. The maximum absolute atomic E-state index is 12.0.